The zero-order chi connectivity index (χ0) is 19.6. The van der Waals surface area contributed by atoms with Gasteiger partial charge in [-0.05, 0) is 61.4 Å². The third-order valence-electron chi connectivity index (χ3n) is 4.25. The van der Waals surface area contributed by atoms with Crippen molar-refractivity contribution in [1.82, 2.24) is 0 Å². The van der Waals surface area contributed by atoms with Crippen LogP contribution in [0.25, 0.3) is 6.08 Å². The fourth-order valence-electron chi connectivity index (χ4n) is 2.79. The highest BCUT2D eigenvalue weighted by Gasteiger charge is 2.35. The molecule has 2 aromatic carbocycles. The van der Waals surface area contributed by atoms with E-state index in [1.165, 1.54) is 54.6 Å². The first-order valence-corrected chi connectivity index (χ1v) is 8.19. The average molecular weight is 370 g/mol. The van der Waals surface area contributed by atoms with Crippen molar-refractivity contribution in [3.8, 4) is 0 Å². The lowest BCUT2D eigenvalue weighted by molar-refractivity contribution is -0.132. The van der Waals surface area contributed by atoms with E-state index in [2.05, 4.69) is 5.10 Å². The molecular formula is C20H16F2N2O3. The van der Waals surface area contributed by atoms with Crippen molar-refractivity contribution >= 4 is 29.4 Å². The minimum absolute atomic E-state index is 0.00969. The zero-order valence-corrected chi connectivity index (χ0v) is 14.4. The van der Waals surface area contributed by atoms with Crippen molar-refractivity contribution in [1.29, 1.82) is 0 Å². The number of anilines is 1. The first-order valence-electron chi connectivity index (χ1n) is 8.19. The van der Waals surface area contributed by atoms with Crippen molar-refractivity contribution in [2.24, 2.45) is 11.0 Å². The van der Waals surface area contributed by atoms with Crippen LogP contribution < -0.4 is 5.01 Å². The van der Waals surface area contributed by atoms with Gasteiger partial charge in [0.15, 0.2) is 0 Å². The Morgan fingerprint density at radius 2 is 1.67 bits per heavy atom. The molecule has 0 bridgehead atoms. The summed E-state index contributed by atoms with van der Waals surface area (Å²) in [6, 6.07) is 10.7. The average Bonchev–Trinajstić information content (AvgIpc) is 2.91. The standard InChI is InChI=1S/C20H16F2N2O3/c1-12-18(19(25)24(23-12)17-8-6-16(22)7-9-17)11-14(20(26)27)10-13-2-4-15(21)5-3-13/h2-10,18H,11H2,1H3,(H,26,27)/b14-10-. The molecule has 138 valence electrons. The Morgan fingerprint density at radius 1 is 1.11 bits per heavy atom. The lowest BCUT2D eigenvalue weighted by Crippen LogP contribution is -2.28. The molecule has 1 atom stereocenters. The zero-order valence-electron chi connectivity index (χ0n) is 14.4. The van der Waals surface area contributed by atoms with E-state index < -0.39 is 23.5 Å². The van der Waals surface area contributed by atoms with Gasteiger partial charge >= 0.3 is 5.97 Å². The van der Waals surface area contributed by atoms with Crippen LogP contribution in [0, 0.1) is 17.6 Å². The number of hydrogen-bond donors (Lipinski definition) is 1. The number of benzene rings is 2. The second-order valence-electron chi connectivity index (χ2n) is 6.15. The number of nitrogens with zero attached hydrogens (tertiary/aromatic N) is 2. The topological polar surface area (TPSA) is 70.0 Å². The van der Waals surface area contributed by atoms with Crippen molar-refractivity contribution in [3.63, 3.8) is 0 Å². The molecule has 1 N–H and O–H groups in total. The summed E-state index contributed by atoms with van der Waals surface area (Å²) in [5.41, 5.74) is 1.40. The highest BCUT2D eigenvalue weighted by Crippen LogP contribution is 2.28. The van der Waals surface area contributed by atoms with Crippen LogP contribution in [0.1, 0.15) is 18.9 Å². The quantitative estimate of drug-likeness (QED) is 0.813. The summed E-state index contributed by atoms with van der Waals surface area (Å²) in [6.07, 6.45) is 1.35. The third-order valence-corrected chi connectivity index (χ3v) is 4.25. The SMILES string of the molecule is CC1=NN(c2ccc(F)cc2)C(=O)C1C/C(=C/c1ccc(F)cc1)C(=O)O. The molecule has 0 radical (unpaired) electrons. The van der Waals surface area contributed by atoms with Crippen LogP contribution in [0.4, 0.5) is 14.5 Å². The molecule has 1 aliphatic heterocycles. The van der Waals surface area contributed by atoms with Gasteiger partial charge in [-0.1, -0.05) is 12.1 Å². The molecule has 1 aliphatic rings. The summed E-state index contributed by atoms with van der Waals surface area (Å²) in [5, 5.41) is 14.8. The normalized spacial score (nSPS) is 17.2. The highest BCUT2D eigenvalue weighted by molar-refractivity contribution is 6.15. The van der Waals surface area contributed by atoms with Gasteiger partial charge in [0.2, 0.25) is 0 Å². The van der Waals surface area contributed by atoms with Crippen molar-refractivity contribution in [2.45, 2.75) is 13.3 Å². The fraction of sp³-hybridized carbons (Fsp3) is 0.150. The first kappa shape index (κ1) is 18.4. The van der Waals surface area contributed by atoms with Crippen LogP contribution in [0.2, 0.25) is 0 Å². The summed E-state index contributed by atoms with van der Waals surface area (Å²) < 4.78 is 26.1. The predicted octanol–water partition coefficient (Wildman–Crippen LogP) is 3.86. The number of hydrogen-bond acceptors (Lipinski definition) is 3. The Hall–Kier alpha value is -3.35. The largest absolute Gasteiger partial charge is 0.478 e. The van der Waals surface area contributed by atoms with Gasteiger partial charge in [0.1, 0.15) is 11.6 Å². The minimum atomic E-state index is -1.17. The number of carboxylic acid groups (broad SMARTS) is 1. The van der Waals surface area contributed by atoms with E-state index >= 15 is 0 Å². The van der Waals surface area contributed by atoms with E-state index in [0.717, 1.165) is 5.01 Å². The molecule has 7 heteroatoms. The Balaban J connectivity index is 1.83. The molecule has 0 spiro atoms. The van der Waals surface area contributed by atoms with Crippen molar-refractivity contribution < 1.29 is 23.5 Å². The second-order valence-corrected chi connectivity index (χ2v) is 6.15. The van der Waals surface area contributed by atoms with Crippen LogP contribution in [0.5, 0.6) is 0 Å². The van der Waals surface area contributed by atoms with Gasteiger partial charge in [0.25, 0.3) is 5.91 Å². The molecule has 27 heavy (non-hydrogen) atoms. The Bertz CT molecular complexity index is 935. The Morgan fingerprint density at radius 3 is 2.22 bits per heavy atom. The summed E-state index contributed by atoms with van der Waals surface area (Å²) >= 11 is 0. The lowest BCUT2D eigenvalue weighted by Gasteiger charge is -2.14. The number of carbonyl (C=O) groups is 2. The van der Waals surface area contributed by atoms with Gasteiger partial charge in [0, 0.05) is 11.3 Å². The van der Waals surface area contributed by atoms with Crippen LogP contribution in [0.3, 0.4) is 0 Å². The monoisotopic (exact) mass is 370 g/mol. The van der Waals surface area contributed by atoms with E-state index in [4.69, 9.17) is 0 Å². The lowest BCUT2D eigenvalue weighted by atomic mass is 9.94. The molecule has 0 fully saturated rings. The molecule has 2 aromatic rings. The van der Waals surface area contributed by atoms with Crippen molar-refractivity contribution in [3.05, 3.63) is 71.3 Å². The predicted molar refractivity (Wildman–Crippen MR) is 97.1 cm³/mol. The number of rotatable bonds is 5. The van der Waals surface area contributed by atoms with Crippen LogP contribution in [-0.2, 0) is 9.59 Å². The number of hydrazone groups is 1. The number of carbonyl (C=O) groups excluding carboxylic acids is 1. The molecule has 1 amide bonds. The molecule has 0 aromatic heterocycles. The van der Waals surface area contributed by atoms with E-state index in [1.807, 2.05) is 0 Å². The van der Waals surface area contributed by atoms with Gasteiger partial charge < -0.3 is 5.11 Å². The van der Waals surface area contributed by atoms with E-state index in [0.29, 0.717) is 17.0 Å². The summed E-state index contributed by atoms with van der Waals surface area (Å²) in [4.78, 5) is 24.3. The summed E-state index contributed by atoms with van der Waals surface area (Å²) in [6.45, 7) is 1.64. The molecule has 0 saturated heterocycles. The summed E-state index contributed by atoms with van der Waals surface area (Å²) in [5.74, 6) is -3.14. The maximum Gasteiger partial charge on any atom is 0.331 e. The molecule has 0 saturated carbocycles. The number of halogens is 2. The third kappa shape index (κ3) is 4.08. The maximum atomic E-state index is 13.1. The smallest absolute Gasteiger partial charge is 0.331 e. The Labute approximate surface area is 154 Å². The molecule has 1 heterocycles. The molecule has 5 nitrogen and oxygen atoms in total. The minimum Gasteiger partial charge on any atom is -0.478 e. The Kier molecular flexibility index (Phi) is 5.12. The second kappa shape index (κ2) is 7.49. The van der Waals surface area contributed by atoms with Gasteiger partial charge in [-0.25, -0.2) is 18.6 Å². The molecule has 0 aliphatic carbocycles. The van der Waals surface area contributed by atoms with Gasteiger partial charge in [0.05, 0.1) is 11.6 Å². The maximum absolute atomic E-state index is 13.1. The van der Waals surface area contributed by atoms with Crippen LogP contribution >= 0.6 is 0 Å². The van der Waals surface area contributed by atoms with Crippen molar-refractivity contribution in [2.75, 3.05) is 5.01 Å². The molecule has 1 unspecified atom stereocenters. The summed E-state index contributed by atoms with van der Waals surface area (Å²) in [7, 11) is 0. The number of aliphatic carboxylic acids is 1. The molecule has 3 rings (SSSR count). The van der Waals surface area contributed by atoms with Crippen LogP contribution in [-0.4, -0.2) is 22.7 Å². The van der Waals surface area contributed by atoms with Gasteiger partial charge in [-0.2, -0.15) is 5.10 Å². The highest BCUT2D eigenvalue weighted by atomic mass is 19.1. The fourth-order valence-corrected chi connectivity index (χ4v) is 2.79. The van der Waals surface area contributed by atoms with E-state index in [-0.39, 0.29) is 17.9 Å². The number of carboxylic acids is 1. The molecular weight excluding hydrogens is 354 g/mol. The first-order chi connectivity index (χ1) is 12.8. The van der Waals surface area contributed by atoms with Gasteiger partial charge in [-0.15, -0.1) is 0 Å². The van der Waals surface area contributed by atoms with Crippen LogP contribution in [0.15, 0.2) is 59.2 Å². The number of amides is 1. The van der Waals surface area contributed by atoms with E-state index in [1.54, 1.807) is 6.92 Å². The van der Waals surface area contributed by atoms with Gasteiger partial charge in [-0.3, -0.25) is 4.79 Å². The van der Waals surface area contributed by atoms with E-state index in [9.17, 15) is 23.5 Å².